The van der Waals surface area contributed by atoms with Crippen molar-refractivity contribution in [3.63, 3.8) is 0 Å². The summed E-state index contributed by atoms with van der Waals surface area (Å²) in [6.45, 7) is 3.43. The first kappa shape index (κ1) is 21.0. The van der Waals surface area contributed by atoms with Crippen molar-refractivity contribution in [2.24, 2.45) is 0 Å². The van der Waals surface area contributed by atoms with Crippen LogP contribution in [-0.2, 0) is 19.9 Å². The molecule has 156 valence electrons. The molecular weight excluding hydrogens is 386 g/mol. The molecule has 1 aliphatic heterocycles. The summed E-state index contributed by atoms with van der Waals surface area (Å²) in [5.41, 5.74) is 0.218. The molecule has 2 N–H and O–H groups in total. The monoisotopic (exact) mass is 409 g/mol. The molecule has 1 fully saturated rings. The zero-order chi connectivity index (χ0) is 21.7. The fourth-order valence-corrected chi connectivity index (χ4v) is 3.12. The Balaban J connectivity index is 1.63. The fraction of sp³-hybridized carbons (Fsp3) is 0.273. The Kier molecular flexibility index (Phi) is 6.15. The summed E-state index contributed by atoms with van der Waals surface area (Å²) < 4.78 is 5.05. The second kappa shape index (κ2) is 8.77. The number of anilines is 1. The molecule has 0 bridgehead atoms. The van der Waals surface area contributed by atoms with E-state index in [0.717, 1.165) is 11.3 Å². The molecule has 1 heterocycles. The van der Waals surface area contributed by atoms with Gasteiger partial charge in [-0.1, -0.05) is 37.3 Å². The van der Waals surface area contributed by atoms with Gasteiger partial charge in [-0.05, 0) is 43.2 Å². The molecule has 0 spiro atoms. The molecule has 0 unspecified atom stereocenters. The van der Waals surface area contributed by atoms with Gasteiger partial charge in [-0.2, -0.15) is 0 Å². The average molecular weight is 409 g/mol. The van der Waals surface area contributed by atoms with Gasteiger partial charge in [0.1, 0.15) is 12.1 Å². The van der Waals surface area contributed by atoms with Gasteiger partial charge < -0.3 is 15.4 Å². The van der Waals surface area contributed by atoms with Crippen LogP contribution in [-0.4, -0.2) is 41.9 Å². The summed E-state index contributed by atoms with van der Waals surface area (Å²) in [5, 5.41) is 5.28. The molecule has 1 aliphatic rings. The van der Waals surface area contributed by atoms with Crippen molar-refractivity contribution in [3.8, 4) is 0 Å². The highest BCUT2D eigenvalue weighted by Crippen LogP contribution is 2.28. The van der Waals surface area contributed by atoms with Crippen LogP contribution in [0.1, 0.15) is 36.2 Å². The smallest absolute Gasteiger partial charge is 0.338 e. The second-order valence-electron chi connectivity index (χ2n) is 7.07. The highest BCUT2D eigenvalue weighted by Gasteiger charge is 2.49. The molecule has 30 heavy (non-hydrogen) atoms. The Morgan fingerprint density at radius 1 is 1.07 bits per heavy atom. The van der Waals surface area contributed by atoms with Crippen LogP contribution in [0.3, 0.4) is 0 Å². The molecule has 3 rings (SSSR count). The Hall–Kier alpha value is -3.68. The minimum Gasteiger partial charge on any atom is -0.462 e. The second-order valence-corrected chi connectivity index (χ2v) is 7.07. The normalized spacial score (nSPS) is 18.1. The lowest BCUT2D eigenvalue weighted by molar-refractivity contribution is -0.133. The first-order valence-corrected chi connectivity index (χ1v) is 9.62. The Bertz CT molecular complexity index is 958. The molecule has 2 aromatic rings. The summed E-state index contributed by atoms with van der Waals surface area (Å²) in [4.78, 5) is 50.3. The number of benzene rings is 2. The molecule has 2 aromatic carbocycles. The van der Waals surface area contributed by atoms with Crippen molar-refractivity contribution in [1.29, 1.82) is 0 Å². The number of carbonyl (C=O) groups excluding carboxylic acids is 4. The van der Waals surface area contributed by atoms with Gasteiger partial charge in [-0.25, -0.2) is 9.59 Å². The van der Waals surface area contributed by atoms with Gasteiger partial charge in [0.15, 0.2) is 0 Å². The molecule has 8 nitrogen and oxygen atoms in total. The summed E-state index contributed by atoms with van der Waals surface area (Å²) in [7, 11) is 0. The third kappa shape index (κ3) is 4.32. The van der Waals surface area contributed by atoms with Gasteiger partial charge in [0.2, 0.25) is 5.91 Å². The number of nitrogens with zero attached hydrogens (tertiary/aromatic N) is 1. The van der Waals surface area contributed by atoms with Gasteiger partial charge in [0.05, 0.1) is 12.2 Å². The maximum absolute atomic E-state index is 12.8. The van der Waals surface area contributed by atoms with E-state index in [2.05, 4.69) is 10.6 Å². The number of esters is 1. The summed E-state index contributed by atoms with van der Waals surface area (Å²) in [5.74, 6) is -1.46. The lowest BCUT2D eigenvalue weighted by Gasteiger charge is -2.22. The summed E-state index contributed by atoms with van der Waals surface area (Å²) >= 11 is 0. The number of hydrogen-bond donors (Lipinski definition) is 2. The SMILES string of the molecule is CCCOC(=O)c1ccc(NC(=O)CN2C(=O)N[C@@](C)(c3ccccc3)C2=O)cc1. The minimum atomic E-state index is -1.22. The number of carbonyl (C=O) groups is 4. The molecule has 0 aliphatic carbocycles. The van der Waals surface area contributed by atoms with E-state index < -0.39 is 35.9 Å². The van der Waals surface area contributed by atoms with E-state index in [9.17, 15) is 19.2 Å². The third-order valence-electron chi connectivity index (χ3n) is 4.77. The zero-order valence-corrected chi connectivity index (χ0v) is 16.8. The topological polar surface area (TPSA) is 105 Å². The van der Waals surface area contributed by atoms with E-state index in [1.807, 2.05) is 13.0 Å². The fourth-order valence-electron chi connectivity index (χ4n) is 3.12. The molecule has 1 saturated heterocycles. The number of amides is 4. The number of rotatable bonds is 7. The van der Waals surface area contributed by atoms with E-state index in [0.29, 0.717) is 23.4 Å². The van der Waals surface area contributed by atoms with Crippen LogP contribution in [0.2, 0.25) is 0 Å². The van der Waals surface area contributed by atoms with Gasteiger partial charge >= 0.3 is 12.0 Å². The number of imide groups is 1. The first-order valence-electron chi connectivity index (χ1n) is 9.62. The zero-order valence-electron chi connectivity index (χ0n) is 16.8. The molecule has 8 heteroatoms. The maximum atomic E-state index is 12.8. The maximum Gasteiger partial charge on any atom is 0.338 e. The quantitative estimate of drug-likeness (QED) is 0.540. The van der Waals surface area contributed by atoms with Crippen molar-refractivity contribution in [1.82, 2.24) is 10.2 Å². The van der Waals surface area contributed by atoms with Gasteiger partial charge in [0, 0.05) is 5.69 Å². The molecule has 1 atom stereocenters. The van der Waals surface area contributed by atoms with Crippen molar-refractivity contribution in [2.45, 2.75) is 25.8 Å². The van der Waals surface area contributed by atoms with E-state index >= 15 is 0 Å². The summed E-state index contributed by atoms with van der Waals surface area (Å²) in [6, 6.07) is 14.4. The van der Waals surface area contributed by atoms with Crippen molar-refractivity contribution < 1.29 is 23.9 Å². The van der Waals surface area contributed by atoms with Crippen LogP contribution < -0.4 is 10.6 Å². The summed E-state index contributed by atoms with van der Waals surface area (Å²) in [6.07, 6.45) is 0.728. The lowest BCUT2D eigenvalue weighted by atomic mass is 9.92. The van der Waals surface area contributed by atoms with Crippen LogP contribution in [0.4, 0.5) is 10.5 Å². The predicted octanol–water partition coefficient (Wildman–Crippen LogP) is 2.66. The Morgan fingerprint density at radius 2 is 1.73 bits per heavy atom. The van der Waals surface area contributed by atoms with Crippen LogP contribution in [0.5, 0.6) is 0 Å². The van der Waals surface area contributed by atoms with Gasteiger partial charge in [-0.15, -0.1) is 0 Å². The van der Waals surface area contributed by atoms with E-state index in [4.69, 9.17) is 4.74 Å². The number of nitrogens with one attached hydrogen (secondary N) is 2. The number of hydrogen-bond acceptors (Lipinski definition) is 5. The standard InChI is InChI=1S/C22H23N3O5/c1-3-13-30-19(27)15-9-11-17(12-10-15)23-18(26)14-25-20(28)22(2,24-21(25)29)16-7-5-4-6-8-16/h4-12H,3,13-14H2,1-2H3,(H,23,26)(H,24,29)/t22-/m0/s1. The van der Waals surface area contributed by atoms with Crippen LogP contribution in [0.25, 0.3) is 0 Å². The third-order valence-corrected chi connectivity index (χ3v) is 4.77. The highest BCUT2D eigenvalue weighted by atomic mass is 16.5. The molecule has 4 amide bonds. The van der Waals surface area contributed by atoms with Gasteiger partial charge in [0.25, 0.3) is 5.91 Å². The highest BCUT2D eigenvalue weighted by molar-refractivity contribution is 6.10. The Labute approximate surface area is 174 Å². The molecular formula is C22H23N3O5. The van der Waals surface area contributed by atoms with Crippen LogP contribution in [0.15, 0.2) is 54.6 Å². The number of ether oxygens (including phenoxy) is 1. The molecule has 0 saturated carbocycles. The average Bonchev–Trinajstić information content (AvgIpc) is 2.97. The van der Waals surface area contributed by atoms with Crippen molar-refractivity contribution in [3.05, 3.63) is 65.7 Å². The first-order chi connectivity index (χ1) is 14.3. The van der Waals surface area contributed by atoms with Crippen molar-refractivity contribution >= 4 is 29.5 Å². The predicted molar refractivity (Wildman–Crippen MR) is 110 cm³/mol. The van der Waals surface area contributed by atoms with E-state index in [-0.39, 0.29) is 0 Å². The lowest BCUT2D eigenvalue weighted by Crippen LogP contribution is -2.42. The van der Waals surface area contributed by atoms with Gasteiger partial charge in [-0.3, -0.25) is 14.5 Å². The van der Waals surface area contributed by atoms with Crippen molar-refractivity contribution in [2.75, 3.05) is 18.5 Å². The largest absolute Gasteiger partial charge is 0.462 e. The Morgan fingerprint density at radius 3 is 2.37 bits per heavy atom. The van der Waals surface area contributed by atoms with Crippen LogP contribution >= 0.6 is 0 Å². The van der Waals surface area contributed by atoms with Crippen LogP contribution in [0, 0.1) is 0 Å². The molecule has 0 radical (unpaired) electrons. The van der Waals surface area contributed by atoms with E-state index in [1.54, 1.807) is 43.3 Å². The number of urea groups is 1. The molecule has 0 aromatic heterocycles. The minimum absolute atomic E-state index is 0.338. The van der Waals surface area contributed by atoms with E-state index in [1.165, 1.54) is 12.1 Å².